The van der Waals surface area contributed by atoms with Crippen LogP contribution in [0.4, 0.5) is 0 Å². The van der Waals surface area contributed by atoms with Crippen molar-refractivity contribution < 1.29 is 17.9 Å². The number of hydrogen-bond donors (Lipinski definition) is 1. The van der Waals surface area contributed by atoms with E-state index in [1.807, 2.05) is 0 Å². The number of nitrogens with one attached hydrogen (secondary N) is 1. The van der Waals surface area contributed by atoms with Crippen LogP contribution in [-0.4, -0.2) is 27.6 Å². The summed E-state index contributed by atoms with van der Waals surface area (Å²) in [5.41, 5.74) is -0.957. The largest absolute Gasteiger partial charge is 0.497 e. The highest BCUT2D eigenvalue weighted by molar-refractivity contribution is 7.90. The van der Waals surface area contributed by atoms with Crippen molar-refractivity contribution >= 4 is 33.7 Å². The molecule has 0 saturated carbocycles. The molecule has 1 unspecified atom stereocenters. The van der Waals surface area contributed by atoms with Gasteiger partial charge in [-0.05, 0) is 42.0 Å². The number of hydrogen-bond acceptors (Lipinski definition) is 5. The molecule has 6 nitrogen and oxygen atoms in total. The van der Waals surface area contributed by atoms with E-state index in [9.17, 15) is 13.2 Å². The standard InChI is InChI=1S/C18H15ClN2O4S/c1-25-15-4-2-5-16(12-15)26(23,24)21-17(22)18(10-3-11-20-18)13-6-8-14(19)9-7-13/h2-12H,1H3,(H,21,22). The van der Waals surface area contributed by atoms with Crippen LogP contribution in [0.2, 0.25) is 5.02 Å². The molecule has 0 spiro atoms. The number of aliphatic imine (C=N–C) groups is 1. The monoisotopic (exact) mass is 390 g/mol. The zero-order valence-electron chi connectivity index (χ0n) is 13.7. The SMILES string of the molecule is COc1cccc(S(=O)(=O)NC(=O)C2(c3ccc(Cl)cc3)C=CC=N2)c1. The Morgan fingerprint density at radius 3 is 2.54 bits per heavy atom. The van der Waals surface area contributed by atoms with E-state index in [1.54, 1.807) is 36.4 Å². The topological polar surface area (TPSA) is 84.8 Å². The number of sulfonamides is 1. The number of rotatable bonds is 5. The van der Waals surface area contributed by atoms with E-state index in [4.69, 9.17) is 16.3 Å². The second kappa shape index (κ2) is 6.93. The minimum absolute atomic E-state index is 0.0811. The zero-order valence-corrected chi connectivity index (χ0v) is 15.3. The molecular weight excluding hydrogens is 376 g/mol. The van der Waals surface area contributed by atoms with Crippen molar-refractivity contribution in [2.45, 2.75) is 10.4 Å². The van der Waals surface area contributed by atoms with Crippen LogP contribution in [0.15, 0.2) is 70.6 Å². The highest BCUT2D eigenvalue weighted by Crippen LogP contribution is 2.32. The van der Waals surface area contributed by atoms with Crippen molar-refractivity contribution in [3.8, 4) is 5.75 Å². The van der Waals surface area contributed by atoms with Crippen LogP contribution in [0.5, 0.6) is 5.75 Å². The molecule has 0 bridgehead atoms. The fourth-order valence-electron chi connectivity index (χ4n) is 2.55. The average Bonchev–Trinajstić information content (AvgIpc) is 3.13. The second-order valence-corrected chi connectivity index (χ2v) is 7.64. The van der Waals surface area contributed by atoms with Crippen molar-refractivity contribution in [3.63, 3.8) is 0 Å². The van der Waals surface area contributed by atoms with Gasteiger partial charge in [-0.1, -0.05) is 29.8 Å². The van der Waals surface area contributed by atoms with Crippen molar-refractivity contribution in [1.82, 2.24) is 4.72 Å². The molecule has 1 aliphatic rings. The summed E-state index contributed by atoms with van der Waals surface area (Å²) in [6.45, 7) is 0. The summed E-state index contributed by atoms with van der Waals surface area (Å²) >= 11 is 5.89. The molecule has 0 saturated heterocycles. The van der Waals surface area contributed by atoms with Crippen molar-refractivity contribution in [2.75, 3.05) is 7.11 Å². The van der Waals surface area contributed by atoms with Gasteiger partial charge in [0.25, 0.3) is 15.9 Å². The summed E-state index contributed by atoms with van der Waals surface area (Å²) < 4.78 is 32.4. The number of nitrogens with zero attached hydrogens (tertiary/aromatic N) is 1. The first-order chi connectivity index (χ1) is 12.4. The molecule has 1 heterocycles. The lowest BCUT2D eigenvalue weighted by molar-refractivity contribution is -0.123. The second-order valence-electron chi connectivity index (χ2n) is 5.52. The van der Waals surface area contributed by atoms with Crippen LogP contribution in [-0.2, 0) is 20.4 Å². The zero-order chi connectivity index (χ0) is 18.8. The van der Waals surface area contributed by atoms with Gasteiger partial charge in [-0.25, -0.2) is 13.1 Å². The number of carbonyl (C=O) groups excluding carboxylic acids is 1. The lowest BCUT2D eigenvalue weighted by Gasteiger charge is -2.23. The number of amides is 1. The number of methoxy groups -OCH3 is 1. The maximum absolute atomic E-state index is 12.9. The molecule has 0 aromatic heterocycles. The molecule has 8 heteroatoms. The van der Waals surface area contributed by atoms with E-state index in [0.717, 1.165) is 0 Å². The predicted molar refractivity (Wildman–Crippen MR) is 99.1 cm³/mol. The molecule has 1 atom stereocenters. The fourth-order valence-corrected chi connectivity index (χ4v) is 3.73. The maximum atomic E-state index is 12.9. The number of benzene rings is 2. The smallest absolute Gasteiger partial charge is 0.270 e. The summed E-state index contributed by atoms with van der Waals surface area (Å²) in [6, 6.07) is 12.3. The van der Waals surface area contributed by atoms with E-state index >= 15 is 0 Å². The Hall–Kier alpha value is -2.64. The molecule has 1 amide bonds. The van der Waals surface area contributed by atoms with Crippen LogP contribution in [0.3, 0.4) is 0 Å². The van der Waals surface area contributed by atoms with Gasteiger partial charge in [0.1, 0.15) is 5.75 Å². The van der Waals surface area contributed by atoms with Gasteiger partial charge in [0.05, 0.1) is 12.0 Å². The van der Waals surface area contributed by atoms with Gasteiger partial charge in [0.15, 0.2) is 5.54 Å². The van der Waals surface area contributed by atoms with Crippen molar-refractivity contribution in [3.05, 3.63) is 71.3 Å². The Morgan fingerprint density at radius 2 is 1.92 bits per heavy atom. The molecule has 2 aromatic carbocycles. The van der Waals surface area contributed by atoms with Gasteiger partial charge in [-0.15, -0.1) is 0 Å². The quantitative estimate of drug-likeness (QED) is 0.850. The van der Waals surface area contributed by atoms with Gasteiger partial charge >= 0.3 is 0 Å². The number of carbonyl (C=O) groups is 1. The first-order valence-electron chi connectivity index (χ1n) is 7.58. The van der Waals surface area contributed by atoms with Crippen LogP contribution in [0.25, 0.3) is 0 Å². The maximum Gasteiger partial charge on any atom is 0.270 e. The molecule has 1 N–H and O–H groups in total. The molecule has 3 rings (SSSR count). The Labute approximate surface area is 156 Å². The van der Waals surface area contributed by atoms with E-state index in [2.05, 4.69) is 9.71 Å². The Bertz CT molecular complexity index is 986. The van der Waals surface area contributed by atoms with Crippen LogP contribution in [0, 0.1) is 0 Å². The minimum Gasteiger partial charge on any atom is -0.497 e. The number of halogens is 1. The van der Waals surface area contributed by atoms with Gasteiger partial charge in [-0.3, -0.25) is 9.79 Å². The van der Waals surface area contributed by atoms with Crippen LogP contribution >= 0.6 is 11.6 Å². The van der Waals surface area contributed by atoms with E-state index in [1.165, 1.54) is 37.6 Å². The first kappa shape index (κ1) is 18.2. The Balaban J connectivity index is 1.95. The normalized spacial score (nSPS) is 18.7. The van der Waals surface area contributed by atoms with Gasteiger partial charge < -0.3 is 4.74 Å². The summed E-state index contributed by atoms with van der Waals surface area (Å²) in [5.74, 6) is -0.417. The summed E-state index contributed by atoms with van der Waals surface area (Å²) in [7, 11) is -2.67. The molecular formula is C18H15ClN2O4S. The molecule has 0 radical (unpaired) electrons. The Kier molecular flexibility index (Phi) is 4.84. The molecule has 0 aliphatic carbocycles. The van der Waals surface area contributed by atoms with Crippen molar-refractivity contribution in [1.29, 1.82) is 0 Å². The van der Waals surface area contributed by atoms with E-state index < -0.39 is 21.5 Å². The fraction of sp³-hybridized carbons (Fsp3) is 0.111. The molecule has 26 heavy (non-hydrogen) atoms. The highest BCUT2D eigenvalue weighted by atomic mass is 35.5. The summed E-state index contributed by atoms with van der Waals surface area (Å²) in [5, 5.41) is 0.499. The van der Waals surface area contributed by atoms with Gasteiger partial charge in [0.2, 0.25) is 0 Å². The Morgan fingerprint density at radius 1 is 1.19 bits per heavy atom. The minimum atomic E-state index is -4.10. The van der Waals surface area contributed by atoms with E-state index in [0.29, 0.717) is 16.3 Å². The third kappa shape index (κ3) is 3.36. The predicted octanol–water partition coefficient (Wildman–Crippen LogP) is 2.69. The molecule has 134 valence electrons. The summed E-state index contributed by atoms with van der Waals surface area (Å²) in [4.78, 5) is 17.0. The van der Waals surface area contributed by atoms with Crippen LogP contribution in [0.1, 0.15) is 5.56 Å². The first-order valence-corrected chi connectivity index (χ1v) is 9.44. The van der Waals surface area contributed by atoms with Gasteiger partial charge in [0, 0.05) is 17.3 Å². The third-order valence-electron chi connectivity index (χ3n) is 3.91. The van der Waals surface area contributed by atoms with Gasteiger partial charge in [-0.2, -0.15) is 0 Å². The number of ether oxygens (including phenoxy) is 1. The molecule has 2 aromatic rings. The lowest BCUT2D eigenvalue weighted by atomic mass is 9.90. The van der Waals surface area contributed by atoms with E-state index in [-0.39, 0.29) is 4.90 Å². The third-order valence-corrected chi connectivity index (χ3v) is 5.49. The molecule has 1 aliphatic heterocycles. The summed E-state index contributed by atoms with van der Waals surface area (Å²) in [6.07, 6.45) is 4.57. The average molecular weight is 391 g/mol. The molecule has 0 fully saturated rings. The number of allylic oxidation sites excluding steroid dienone is 1. The lowest BCUT2D eigenvalue weighted by Crippen LogP contribution is -2.43. The highest BCUT2D eigenvalue weighted by Gasteiger charge is 2.41. The van der Waals surface area contributed by atoms with Crippen LogP contribution < -0.4 is 9.46 Å². The van der Waals surface area contributed by atoms with Crippen molar-refractivity contribution in [2.24, 2.45) is 4.99 Å².